The number of hydrogen-bond acceptors (Lipinski definition) is 17. The van der Waals surface area contributed by atoms with Crippen molar-refractivity contribution in [1.82, 2.24) is 5.32 Å². The fraction of sp³-hybridized carbons (Fsp3) is 0.382. The van der Waals surface area contributed by atoms with Crippen molar-refractivity contribution in [2.24, 2.45) is 10.8 Å². The molecule has 2 fully saturated rings. The summed E-state index contributed by atoms with van der Waals surface area (Å²) in [6.07, 6.45) is -13.5. The van der Waals surface area contributed by atoms with Gasteiger partial charge in [-0.3, -0.25) is 19.2 Å². The van der Waals surface area contributed by atoms with E-state index in [1.807, 2.05) is 0 Å². The molecule has 10 atom stereocenters. The Morgan fingerprint density at radius 2 is 1.32 bits per heavy atom. The number of hydrogen-bond donors (Lipinski definition) is 4. The smallest absolute Gasteiger partial charge is 0.478 e. The van der Waals surface area contributed by atoms with Crippen LogP contribution in [-0.4, -0.2) is 118 Å². The van der Waals surface area contributed by atoms with Gasteiger partial charge in [0.15, 0.2) is 18.0 Å². The highest BCUT2D eigenvalue weighted by Crippen LogP contribution is 2.57. The van der Waals surface area contributed by atoms with E-state index >= 15 is 9.59 Å². The van der Waals surface area contributed by atoms with Gasteiger partial charge < -0.3 is 53.8 Å². The molecular formula is C55H57NO18. The summed E-state index contributed by atoms with van der Waals surface area (Å²) in [4.78, 5) is 109. The Kier molecular flexibility index (Phi) is 16.2. The minimum atomic E-state index is -2.36. The lowest BCUT2D eigenvalue weighted by Crippen LogP contribution is -2.67. The van der Waals surface area contributed by atoms with E-state index in [0.29, 0.717) is 0 Å². The van der Waals surface area contributed by atoms with Gasteiger partial charge in [-0.15, -0.1) is 0 Å². The fourth-order valence-electron chi connectivity index (χ4n) is 9.85. The normalized spacial score (nSPS) is 25.2. The van der Waals surface area contributed by atoms with Crippen LogP contribution in [0.3, 0.4) is 0 Å². The number of esters is 4. The van der Waals surface area contributed by atoms with Crippen molar-refractivity contribution in [3.8, 4) is 5.75 Å². The van der Waals surface area contributed by atoms with Crippen molar-refractivity contribution in [3.63, 3.8) is 0 Å². The van der Waals surface area contributed by atoms with Crippen molar-refractivity contribution < 1.29 is 86.8 Å². The maximum Gasteiger partial charge on any atom is 0.514 e. The van der Waals surface area contributed by atoms with Crippen LogP contribution < -0.4 is 10.1 Å². The van der Waals surface area contributed by atoms with Crippen molar-refractivity contribution in [2.75, 3.05) is 6.61 Å². The third-order valence-electron chi connectivity index (χ3n) is 14.1. The van der Waals surface area contributed by atoms with Gasteiger partial charge in [-0.05, 0) is 79.1 Å². The molecule has 4 aromatic carbocycles. The van der Waals surface area contributed by atoms with E-state index in [4.69, 9.17) is 33.2 Å². The summed E-state index contributed by atoms with van der Waals surface area (Å²) in [6, 6.07) is 26.9. The number of carbonyl (C=O) groups excluding carboxylic acids is 7. The molecule has 1 aliphatic heterocycles. The Bertz CT molecular complexity index is 2800. The number of aliphatic hydroxyl groups is 2. The fourth-order valence-corrected chi connectivity index (χ4v) is 9.85. The van der Waals surface area contributed by atoms with Crippen molar-refractivity contribution in [1.29, 1.82) is 0 Å². The Labute approximate surface area is 425 Å². The van der Waals surface area contributed by atoms with Gasteiger partial charge in [-0.25, -0.2) is 19.2 Å². The number of nitrogens with one attached hydrogen (secondary N) is 1. The summed E-state index contributed by atoms with van der Waals surface area (Å²) in [7, 11) is 0. The molecule has 0 radical (unpaired) electrons. The molecule has 1 amide bonds. The number of amides is 1. The molecule has 19 nitrogen and oxygen atoms in total. The number of carboxylic acid groups (broad SMARTS) is 1. The SMILES string of the molecule is CC(=O)O[C@H]1C(=O)[C@](C)([C@@H](O)C[C@H]2OC[C@@H]2OC(C)=O)C[C@H](OC(=O)c2ccccc2)[C@]2(O)C[C@H](OC(=O)[C@H](OC(=O)Oc3ccc(C(=O)O)cc3)[C@@H](NC(=O)c3ccccc3)c3ccccc3)C(C)=C1C2(C)C. The number of carboxylic acids is 1. The summed E-state index contributed by atoms with van der Waals surface area (Å²) in [5.41, 5.74) is -5.66. The molecule has 7 rings (SSSR count). The van der Waals surface area contributed by atoms with Crippen LogP contribution in [0.1, 0.15) is 103 Å². The van der Waals surface area contributed by atoms with Crippen LogP contribution in [0.15, 0.2) is 126 Å². The lowest BCUT2D eigenvalue weighted by Gasteiger charge is -2.57. The molecule has 0 aromatic heterocycles. The third-order valence-corrected chi connectivity index (χ3v) is 14.1. The van der Waals surface area contributed by atoms with E-state index in [9.17, 15) is 44.1 Å². The third kappa shape index (κ3) is 11.4. The Balaban J connectivity index is 1.34. The van der Waals surface area contributed by atoms with Crippen LogP contribution >= 0.6 is 0 Å². The van der Waals surface area contributed by atoms with E-state index in [0.717, 1.165) is 6.92 Å². The van der Waals surface area contributed by atoms with E-state index in [-0.39, 0.29) is 52.2 Å². The zero-order valence-corrected chi connectivity index (χ0v) is 41.4. The predicted molar refractivity (Wildman–Crippen MR) is 258 cm³/mol. The van der Waals surface area contributed by atoms with Gasteiger partial charge in [0.1, 0.15) is 29.6 Å². The standard InChI is InChI=1S/C55H57NO18/c1-30-39(72-51(65)46(74-52(66)71-37-24-22-35(23-25-37)49(62)63)44(33-16-10-7-11-17-33)56-48(61)34-18-12-8-13-19-34)27-55(67)42(73-50(64)36-20-14-9-15-21-36)28-54(6,41(59)26-38-40(29-68-38)69-31(2)57)47(60)45(70-32(3)58)43(30)53(55,4)5/h7-25,38-42,44-46,59,67H,26-29H2,1-6H3,(H,56,61)(H,62,63)/t38-,39+,40+,41+,42+,44+,45-,46-,54+,55-/m1/s1. The van der Waals surface area contributed by atoms with Gasteiger partial charge in [0.2, 0.25) is 6.10 Å². The van der Waals surface area contributed by atoms with Gasteiger partial charge in [0.25, 0.3) is 5.91 Å². The predicted octanol–water partition coefficient (Wildman–Crippen LogP) is 6.05. The first kappa shape index (κ1) is 54.0. The Hall–Kier alpha value is -7.74. The molecule has 74 heavy (non-hydrogen) atoms. The van der Waals surface area contributed by atoms with Gasteiger partial charge in [-0.2, -0.15) is 0 Å². The van der Waals surface area contributed by atoms with Crippen molar-refractivity contribution in [2.45, 2.75) is 115 Å². The molecule has 1 saturated carbocycles. The molecule has 1 heterocycles. The first-order valence-corrected chi connectivity index (χ1v) is 23.7. The number of carbonyl (C=O) groups is 8. The van der Waals surface area contributed by atoms with Gasteiger partial charge in [0.05, 0.1) is 35.4 Å². The maximum atomic E-state index is 15.4. The highest BCUT2D eigenvalue weighted by atomic mass is 16.7. The second-order valence-corrected chi connectivity index (χ2v) is 19.2. The molecule has 2 bridgehead atoms. The van der Waals surface area contributed by atoms with Crippen LogP contribution in [0, 0.1) is 10.8 Å². The lowest BCUT2D eigenvalue weighted by molar-refractivity contribution is -0.215. The zero-order chi connectivity index (χ0) is 53.7. The minimum absolute atomic E-state index is 0.0239. The van der Waals surface area contributed by atoms with Gasteiger partial charge >= 0.3 is 36.0 Å². The van der Waals surface area contributed by atoms with Crippen molar-refractivity contribution >= 4 is 47.7 Å². The molecule has 2 aliphatic carbocycles. The van der Waals surface area contributed by atoms with Crippen LogP contribution in [0.5, 0.6) is 5.75 Å². The molecule has 4 aromatic rings. The number of aliphatic hydroxyl groups excluding tert-OH is 1. The number of aromatic carboxylic acids is 1. The van der Waals surface area contributed by atoms with E-state index in [1.165, 1.54) is 83.1 Å². The second kappa shape index (κ2) is 22.2. The monoisotopic (exact) mass is 1020 g/mol. The molecule has 4 N–H and O–H groups in total. The first-order valence-electron chi connectivity index (χ1n) is 23.7. The summed E-state index contributed by atoms with van der Waals surface area (Å²) < 4.78 is 40.5. The van der Waals surface area contributed by atoms with Gasteiger partial charge in [0, 0.05) is 44.1 Å². The molecule has 0 spiro atoms. The quantitative estimate of drug-likeness (QED) is 0.0430. The number of fused-ring (bicyclic) bond motifs is 2. The van der Waals surface area contributed by atoms with Gasteiger partial charge in [-0.1, -0.05) is 80.6 Å². The average molecular weight is 1020 g/mol. The molecule has 19 heteroatoms. The van der Waals surface area contributed by atoms with Crippen molar-refractivity contribution in [3.05, 3.63) is 149 Å². The molecule has 390 valence electrons. The number of ketones is 1. The Morgan fingerprint density at radius 3 is 1.88 bits per heavy atom. The molecule has 1 saturated heterocycles. The highest BCUT2D eigenvalue weighted by Gasteiger charge is 2.66. The molecule has 3 aliphatic rings. The lowest BCUT2D eigenvalue weighted by atomic mass is 9.53. The average Bonchev–Trinajstić information content (AvgIpc) is 3.37. The maximum absolute atomic E-state index is 15.4. The van der Waals surface area contributed by atoms with Crippen LogP contribution in [0.2, 0.25) is 0 Å². The number of Topliss-reactive ketones (excluding diaryl/α,β-unsaturated/α-hetero) is 1. The summed E-state index contributed by atoms with van der Waals surface area (Å²) in [5.74, 6) is -6.78. The van der Waals surface area contributed by atoms with Crippen LogP contribution in [0.4, 0.5) is 4.79 Å². The zero-order valence-electron chi connectivity index (χ0n) is 41.4. The number of ether oxygens (including phenoxy) is 7. The molecular weight excluding hydrogens is 963 g/mol. The first-order chi connectivity index (χ1) is 35.0. The van der Waals surface area contributed by atoms with E-state index < -0.39 is 126 Å². The molecule has 0 unspecified atom stereocenters. The topological polar surface area (TPSA) is 274 Å². The highest BCUT2D eigenvalue weighted by molar-refractivity contribution is 5.96. The van der Waals surface area contributed by atoms with E-state index in [2.05, 4.69) is 5.32 Å². The summed E-state index contributed by atoms with van der Waals surface area (Å²) in [6.45, 7) is 8.22. The second-order valence-electron chi connectivity index (χ2n) is 19.2. The largest absolute Gasteiger partial charge is 0.514 e. The van der Waals surface area contributed by atoms with Crippen LogP contribution in [-0.2, 0) is 47.6 Å². The number of rotatable bonds is 16. The number of benzene rings is 4. The van der Waals surface area contributed by atoms with Crippen LogP contribution in [0.25, 0.3) is 0 Å². The Morgan fingerprint density at radius 1 is 0.743 bits per heavy atom. The minimum Gasteiger partial charge on any atom is -0.478 e. The van der Waals surface area contributed by atoms with E-state index in [1.54, 1.807) is 66.7 Å². The summed E-state index contributed by atoms with van der Waals surface area (Å²) >= 11 is 0. The summed E-state index contributed by atoms with van der Waals surface area (Å²) in [5, 5.41) is 37.9.